The molecule has 1 aliphatic rings. The summed E-state index contributed by atoms with van der Waals surface area (Å²) >= 11 is 1.60. The molecule has 106 valence electrons. The smallest absolute Gasteiger partial charge is 0.230 e. The van der Waals surface area contributed by atoms with Crippen LogP contribution >= 0.6 is 11.8 Å². The fraction of sp³-hybridized carbons (Fsp3) is 0.312. The van der Waals surface area contributed by atoms with E-state index in [1.54, 1.807) is 18.0 Å². The molecule has 0 amide bonds. The topological polar surface area (TPSA) is 69.8 Å². The molecule has 0 saturated heterocycles. The standard InChI is InChI=1S/C16H15N3OS/c17-8-14-12-5-1-2-6-13(12)16(19-15(14)20)21-10-11-4-3-7-18-9-11/h3-4,7,9H,1-2,5-6,10H2,(H,19,20). The van der Waals surface area contributed by atoms with E-state index >= 15 is 0 Å². The summed E-state index contributed by atoms with van der Waals surface area (Å²) < 4.78 is 0. The van der Waals surface area contributed by atoms with Gasteiger partial charge in [-0.3, -0.25) is 4.98 Å². The summed E-state index contributed by atoms with van der Waals surface area (Å²) in [4.78, 5) is 8.35. The van der Waals surface area contributed by atoms with Crippen molar-refractivity contribution in [2.45, 2.75) is 36.5 Å². The Morgan fingerprint density at radius 2 is 2.10 bits per heavy atom. The lowest BCUT2D eigenvalue weighted by atomic mass is 9.90. The van der Waals surface area contributed by atoms with E-state index in [4.69, 9.17) is 0 Å². The van der Waals surface area contributed by atoms with Gasteiger partial charge in [-0.25, -0.2) is 4.98 Å². The summed E-state index contributed by atoms with van der Waals surface area (Å²) in [7, 11) is 0. The van der Waals surface area contributed by atoms with Crippen LogP contribution in [0.1, 0.15) is 35.1 Å². The molecule has 0 bridgehead atoms. The summed E-state index contributed by atoms with van der Waals surface area (Å²) in [6, 6.07) is 6.03. The van der Waals surface area contributed by atoms with Gasteiger partial charge in [-0.1, -0.05) is 6.07 Å². The lowest BCUT2D eigenvalue weighted by Crippen LogP contribution is -2.09. The van der Waals surface area contributed by atoms with Crippen molar-refractivity contribution in [3.05, 3.63) is 46.8 Å². The number of hydrogen-bond donors (Lipinski definition) is 1. The van der Waals surface area contributed by atoms with Crippen molar-refractivity contribution in [3.63, 3.8) is 0 Å². The molecule has 21 heavy (non-hydrogen) atoms. The number of nitrogens with zero attached hydrogens (tertiary/aromatic N) is 3. The number of rotatable bonds is 3. The SMILES string of the molecule is N#Cc1c(O)nc(SCc2cccnc2)c2c1CCCC2. The average Bonchev–Trinajstić information content (AvgIpc) is 2.54. The zero-order chi connectivity index (χ0) is 14.7. The highest BCUT2D eigenvalue weighted by molar-refractivity contribution is 7.98. The third kappa shape index (κ3) is 2.86. The number of nitriles is 1. The minimum atomic E-state index is -0.133. The Hall–Kier alpha value is -2.06. The van der Waals surface area contributed by atoms with Crippen molar-refractivity contribution in [3.8, 4) is 11.9 Å². The van der Waals surface area contributed by atoms with Crippen molar-refractivity contribution in [2.75, 3.05) is 0 Å². The Labute approximate surface area is 127 Å². The van der Waals surface area contributed by atoms with Gasteiger partial charge >= 0.3 is 0 Å². The number of hydrogen-bond acceptors (Lipinski definition) is 5. The van der Waals surface area contributed by atoms with Crippen LogP contribution in [0.5, 0.6) is 5.88 Å². The van der Waals surface area contributed by atoms with Gasteiger partial charge in [0.1, 0.15) is 16.7 Å². The summed E-state index contributed by atoms with van der Waals surface area (Å²) in [5, 5.41) is 20.0. The number of pyridine rings is 2. The molecule has 0 aliphatic heterocycles. The normalized spacial score (nSPS) is 13.5. The number of thioether (sulfide) groups is 1. The van der Waals surface area contributed by atoms with E-state index in [0.717, 1.165) is 53.2 Å². The van der Waals surface area contributed by atoms with Crippen LogP contribution in [-0.2, 0) is 18.6 Å². The van der Waals surface area contributed by atoms with Crippen molar-refractivity contribution in [1.82, 2.24) is 9.97 Å². The Kier molecular flexibility index (Phi) is 4.07. The van der Waals surface area contributed by atoms with Gasteiger partial charge in [0.05, 0.1) is 0 Å². The van der Waals surface area contributed by atoms with Gasteiger partial charge in [0.2, 0.25) is 5.88 Å². The fourth-order valence-electron chi connectivity index (χ4n) is 2.64. The molecule has 1 aliphatic carbocycles. The van der Waals surface area contributed by atoms with Gasteiger partial charge < -0.3 is 5.11 Å². The predicted octanol–water partition coefficient (Wildman–Crippen LogP) is 3.22. The van der Waals surface area contributed by atoms with Gasteiger partial charge in [0.15, 0.2) is 0 Å². The molecule has 0 fully saturated rings. The van der Waals surface area contributed by atoms with Crippen LogP contribution in [0.4, 0.5) is 0 Å². The highest BCUT2D eigenvalue weighted by Crippen LogP contribution is 2.36. The average molecular weight is 297 g/mol. The Morgan fingerprint density at radius 3 is 2.81 bits per heavy atom. The molecule has 0 spiro atoms. The van der Waals surface area contributed by atoms with E-state index in [1.807, 2.05) is 18.3 Å². The number of aromatic hydroxyl groups is 1. The summed E-state index contributed by atoms with van der Waals surface area (Å²) in [5.41, 5.74) is 3.61. The summed E-state index contributed by atoms with van der Waals surface area (Å²) in [6.07, 6.45) is 7.56. The van der Waals surface area contributed by atoms with Crippen LogP contribution in [-0.4, -0.2) is 15.1 Å². The first kappa shape index (κ1) is 13.9. The lowest BCUT2D eigenvalue weighted by molar-refractivity contribution is 0.442. The largest absolute Gasteiger partial charge is 0.492 e. The molecule has 2 heterocycles. The van der Waals surface area contributed by atoms with Gasteiger partial charge in [-0.05, 0) is 48.4 Å². The van der Waals surface area contributed by atoms with Crippen LogP contribution in [0.25, 0.3) is 0 Å². The van der Waals surface area contributed by atoms with Crippen LogP contribution in [0.15, 0.2) is 29.6 Å². The molecule has 0 radical (unpaired) electrons. The van der Waals surface area contributed by atoms with E-state index in [9.17, 15) is 10.4 Å². The van der Waals surface area contributed by atoms with Crippen LogP contribution in [0.3, 0.4) is 0 Å². The minimum absolute atomic E-state index is 0.133. The van der Waals surface area contributed by atoms with E-state index in [-0.39, 0.29) is 5.88 Å². The van der Waals surface area contributed by atoms with Crippen molar-refractivity contribution < 1.29 is 5.11 Å². The molecule has 4 nitrogen and oxygen atoms in total. The Bertz CT molecular complexity index is 695. The number of fused-ring (bicyclic) bond motifs is 1. The monoisotopic (exact) mass is 297 g/mol. The van der Waals surface area contributed by atoms with Crippen LogP contribution < -0.4 is 0 Å². The van der Waals surface area contributed by atoms with Crippen molar-refractivity contribution >= 4 is 11.8 Å². The van der Waals surface area contributed by atoms with Crippen LogP contribution in [0, 0.1) is 11.3 Å². The lowest BCUT2D eigenvalue weighted by Gasteiger charge is -2.20. The highest BCUT2D eigenvalue weighted by atomic mass is 32.2. The Morgan fingerprint density at radius 1 is 1.29 bits per heavy atom. The van der Waals surface area contributed by atoms with Crippen molar-refractivity contribution in [1.29, 1.82) is 5.26 Å². The highest BCUT2D eigenvalue weighted by Gasteiger charge is 2.22. The van der Waals surface area contributed by atoms with E-state index in [0.29, 0.717) is 5.56 Å². The van der Waals surface area contributed by atoms with Gasteiger partial charge in [-0.2, -0.15) is 5.26 Å². The summed E-state index contributed by atoms with van der Waals surface area (Å²) in [6.45, 7) is 0. The van der Waals surface area contributed by atoms with Gasteiger partial charge in [0.25, 0.3) is 0 Å². The third-order valence-corrected chi connectivity index (χ3v) is 4.76. The zero-order valence-corrected chi connectivity index (χ0v) is 12.4. The van der Waals surface area contributed by atoms with E-state index < -0.39 is 0 Å². The molecule has 3 rings (SSSR count). The second-order valence-electron chi connectivity index (χ2n) is 5.04. The van der Waals surface area contributed by atoms with Crippen molar-refractivity contribution in [2.24, 2.45) is 0 Å². The van der Waals surface area contributed by atoms with E-state index in [1.165, 1.54) is 0 Å². The Balaban J connectivity index is 1.92. The molecule has 0 unspecified atom stereocenters. The van der Waals surface area contributed by atoms with Gasteiger partial charge in [-0.15, -0.1) is 11.8 Å². The number of aromatic nitrogens is 2. The summed E-state index contributed by atoms with van der Waals surface area (Å²) in [5.74, 6) is 0.630. The first-order valence-corrected chi connectivity index (χ1v) is 7.94. The maximum Gasteiger partial charge on any atom is 0.230 e. The molecule has 0 aromatic carbocycles. The zero-order valence-electron chi connectivity index (χ0n) is 11.5. The third-order valence-electron chi connectivity index (χ3n) is 3.67. The molecule has 0 saturated carbocycles. The first-order valence-electron chi connectivity index (χ1n) is 6.96. The molecular weight excluding hydrogens is 282 g/mol. The maximum absolute atomic E-state index is 9.99. The van der Waals surface area contributed by atoms with Crippen LogP contribution in [0.2, 0.25) is 0 Å². The fourth-order valence-corrected chi connectivity index (χ4v) is 3.67. The predicted molar refractivity (Wildman–Crippen MR) is 81.1 cm³/mol. The maximum atomic E-state index is 9.99. The van der Waals surface area contributed by atoms with Gasteiger partial charge in [0, 0.05) is 18.1 Å². The molecule has 0 atom stereocenters. The molecule has 1 N–H and O–H groups in total. The molecule has 2 aromatic rings. The van der Waals surface area contributed by atoms with E-state index in [2.05, 4.69) is 16.0 Å². The molecule has 5 heteroatoms. The second kappa shape index (κ2) is 6.15. The quantitative estimate of drug-likeness (QED) is 0.881. The first-order chi connectivity index (χ1) is 10.3. The molecular formula is C16H15N3OS. The minimum Gasteiger partial charge on any atom is -0.492 e. The second-order valence-corrected chi connectivity index (χ2v) is 6.01. The molecule has 2 aromatic heterocycles.